The first-order valence-electron chi connectivity index (χ1n) is 5.81. The monoisotopic (exact) mass is 303 g/mol. The number of hydrogen-bond acceptors (Lipinski definition) is 2. The first-order chi connectivity index (χ1) is 9.76. The van der Waals surface area contributed by atoms with Gasteiger partial charge in [0.1, 0.15) is 17.4 Å². The van der Waals surface area contributed by atoms with Gasteiger partial charge in [-0.1, -0.05) is 0 Å². The molecule has 112 valence electrons. The van der Waals surface area contributed by atoms with Crippen molar-refractivity contribution in [2.75, 3.05) is 12.3 Å². The highest BCUT2D eigenvalue weighted by molar-refractivity contribution is 5.77. The molecule has 0 fully saturated rings. The summed E-state index contributed by atoms with van der Waals surface area (Å²) >= 11 is 0. The summed E-state index contributed by atoms with van der Waals surface area (Å²) in [5.41, 5.74) is 5.75. The van der Waals surface area contributed by atoms with Crippen LogP contribution in [0, 0.1) is 11.6 Å². The van der Waals surface area contributed by atoms with Gasteiger partial charge in [-0.05, 0) is 30.3 Å². The molecule has 0 saturated carbocycles. The maximum Gasteiger partial charge on any atom is 0.422 e. The Morgan fingerprint density at radius 1 is 0.952 bits per heavy atom. The van der Waals surface area contributed by atoms with Crippen LogP contribution in [0.3, 0.4) is 0 Å². The van der Waals surface area contributed by atoms with Crippen molar-refractivity contribution in [3.63, 3.8) is 0 Å². The predicted molar refractivity (Wildman–Crippen MR) is 67.8 cm³/mol. The van der Waals surface area contributed by atoms with Crippen LogP contribution in [0.4, 0.5) is 27.6 Å². The maximum absolute atomic E-state index is 13.6. The highest BCUT2D eigenvalue weighted by Gasteiger charge is 2.28. The molecule has 0 unspecified atom stereocenters. The molecule has 2 N–H and O–H groups in total. The molecule has 0 aliphatic carbocycles. The van der Waals surface area contributed by atoms with Crippen molar-refractivity contribution in [3.8, 4) is 16.9 Å². The summed E-state index contributed by atoms with van der Waals surface area (Å²) in [6, 6.07) is 6.47. The van der Waals surface area contributed by atoms with Crippen LogP contribution in [0.1, 0.15) is 0 Å². The summed E-state index contributed by atoms with van der Waals surface area (Å²) in [6.07, 6.45) is -4.47. The van der Waals surface area contributed by atoms with E-state index in [0.29, 0.717) is 0 Å². The van der Waals surface area contributed by atoms with Crippen molar-refractivity contribution in [2.24, 2.45) is 0 Å². The second-order valence-corrected chi connectivity index (χ2v) is 4.28. The van der Waals surface area contributed by atoms with Gasteiger partial charge >= 0.3 is 6.18 Å². The fraction of sp³-hybridized carbons (Fsp3) is 0.143. The van der Waals surface area contributed by atoms with Crippen molar-refractivity contribution >= 4 is 5.69 Å². The van der Waals surface area contributed by atoms with Crippen molar-refractivity contribution in [1.29, 1.82) is 0 Å². The molecular weight excluding hydrogens is 293 g/mol. The van der Waals surface area contributed by atoms with E-state index in [9.17, 15) is 22.0 Å². The fourth-order valence-electron chi connectivity index (χ4n) is 1.74. The van der Waals surface area contributed by atoms with Crippen LogP contribution < -0.4 is 10.5 Å². The van der Waals surface area contributed by atoms with Crippen molar-refractivity contribution < 1.29 is 26.7 Å². The minimum atomic E-state index is -4.47. The van der Waals surface area contributed by atoms with Crippen molar-refractivity contribution in [1.82, 2.24) is 0 Å². The van der Waals surface area contributed by atoms with Crippen molar-refractivity contribution in [2.45, 2.75) is 6.18 Å². The topological polar surface area (TPSA) is 35.2 Å². The Morgan fingerprint density at radius 3 is 2.29 bits per heavy atom. The van der Waals surface area contributed by atoms with Gasteiger partial charge in [0.15, 0.2) is 6.61 Å². The first-order valence-corrected chi connectivity index (χ1v) is 5.81. The first kappa shape index (κ1) is 15.1. The summed E-state index contributed by atoms with van der Waals surface area (Å²) in [5.74, 6) is -1.44. The van der Waals surface area contributed by atoms with E-state index in [1.165, 1.54) is 12.1 Å². The number of anilines is 1. The molecule has 0 bridgehead atoms. The normalized spacial score (nSPS) is 11.5. The van der Waals surface area contributed by atoms with Crippen LogP contribution >= 0.6 is 0 Å². The Labute approximate surface area is 116 Å². The lowest BCUT2D eigenvalue weighted by molar-refractivity contribution is -0.153. The molecule has 0 saturated heterocycles. The Morgan fingerprint density at radius 2 is 1.67 bits per heavy atom. The van der Waals surface area contributed by atoms with E-state index in [2.05, 4.69) is 4.74 Å². The summed E-state index contributed by atoms with van der Waals surface area (Å²) in [4.78, 5) is 0. The Kier molecular flexibility index (Phi) is 4.02. The second kappa shape index (κ2) is 5.59. The lowest BCUT2D eigenvalue weighted by atomic mass is 10.0. The van der Waals surface area contributed by atoms with E-state index < -0.39 is 24.4 Å². The van der Waals surface area contributed by atoms with Gasteiger partial charge in [-0.3, -0.25) is 0 Å². The number of nitrogens with two attached hydrogens (primary N) is 1. The van der Waals surface area contributed by atoms with E-state index in [1.54, 1.807) is 0 Å². The second-order valence-electron chi connectivity index (χ2n) is 4.28. The van der Waals surface area contributed by atoms with Crippen LogP contribution in [-0.4, -0.2) is 12.8 Å². The Bertz CT molecular complexity index is 654. The SMILES string of the molecule is Nc1cc(OCC(F)(F)F)ccc1-c1cc(F)ccc1F. The number of rotatable bonds is 3. The number of ether oxygens (including phenoxy) is 1. The van der Waals surface area contributed by atoms with E-state index in [1.807, 2.05) is 0 Å². The maximum atomic E-state index is 13.6. The van der Waals surface area contributed by atoms with Crippen LogP contribution in [0.15, 0.2) is 36.4 Å². The molecule has 0 heterocycles. The minimum Gasteiger partial charge on any atom is -0.484 e. The standard InChI is InChI=1S/C14H10F5NO/c15-8-1-4-12(16)11(5-8)10-3-2-9(6-13(10)20)21-7-14(17,18)19/h1-6H,7,20H2. The van der Waals surface area contributed by atoms with Gasteiger partial charge in [0.05, 0.1) is 0 Å². The molecule has 0 aromatic heterocycles. The molecule has 2 nitrogen and oxygen atoms in total. The molecule has 0 spiro atoms. The van der Waals surface area contributed by atoms with Crippen LogP contribution in [0.2, 0.25) is 0 Å². The molecule has 0 amide bonds. The van der Waals surface area contributed by atoms with E-state index in [-0.39, 0.29) is 22.6 Å². The van der Waals surface area contributed by atoms with Gasteiger partial charge in [0, 0.05) is 22.9 Å². The molecule has 21 heavy (non-hydrogen) atoms. The number of nitrogen functional groups attached to an aromatic ring is 1. The largest absolute Gasteiger partial charge is 0.484 e. The zero-order chi connectivity index (χ0) is 15.6. The number of halogens is 5. The Balaban J connectivity index is 2.29. The van der Waals surface area contributed by atoms with Gasteiger partial charge < -0.3 is 10.5 Å². The molecule has 2 aromatic rings. The van der Waals surface area contributed by atoms with Gasteiger partial charge in [-0.15, -0.1) is 0 Å². The Hall–Kier alpha value is -2.31. The van der Waals surface area contributed by atoms with E-state index in [0.717, 1.165) is 24.3 Å². The molecule has 7 heteroatoms. The van der Waals surface area contributed by atoms with Crippen LogP contribution in [-0.2, 0) is 0 Å². The average Bonchev–Trinajstić information content (AvgIpc) is 2.39. The van der Waals surface area contributed by atoms with Gasteiger partial charge in [0.25, 0.3) is 0 Å². The lowest BCUT2D eigenvalue weighted by Crippen LogP contribution is -2.19. The third kappa shape index (κ3) is 3.84. The molecule has 2 rings (SSSR count). The summed E-state index contributed by atoms with van der Waals surface area (Å²) in [7, 11) is 0. The highest BCUT2D eigenvalue weighted by atomic mass is 19.4. The lowest BCUT2D eigenvalue weighted by Gasteiger charge is -2.12. The smallest absolute Gasteiger partial charge is 0.422 e. The third-order valence-electron chi connectivity index (χ3n) is 2.64. The molecule has 0 atom stereocenters. The summed E-state index contributed by atoms with van der Waals surface area (Å²) < 4.78 is 67.4. The molecule has 0 radical (unpaired) electrons. The van der Waals surface area contributed by atoms with E-state index in [4.69, 9.17) is 5.73 Å². The fourth-order valence-corrected chi connectivity index (χ4v) is 1.74. The molecule has 0 aliphatic heterocycles. The van der Waals surface area contributed by atoms with E-state index >= 15 is 0 Å². The minimum absolute atomic E-state index is 0.0147. The van der Waals surface area contributed by atoms with Gasteiger partial charge in [0.2, 0.25) is 0 Å². The predicted octanol–water partition coefficient (Wildman–Crippen LogP) is 4.16. The van der Waals surface area contributed by atoms with Crippen LogP contribution in [0.25, 0.3) is 11.1 Å². The molecule has 2 aromatic carbocycles. The number of hydrogen-bond donors (Lipinski definition) is 1. The number of alkyl halides is 3. The third-order valence-corrected chi connectivity index (χ3v) is 2.64. The quantitative estimate of drug-likeness (QED) is 0.683. The zero-order valence-corrected chi connectivity index (χ0v) is 10.5. The van der Waals surface area contributed by atoms with Gasteiger partial charge in [-0.25, -0.2) is 8.78 Å². The van der Waals surface area contributed by atoms with Crippen molar-refractivity contribution in [3.05, 3.63) is 48.0 Å². The molecular formula is C14H10F5NO. The van der Waals surface area contributed by atoms with Gasteiger partial charge in [-0.2, -0.15) is 13.2 Å². The highest BCUT2D eigenvalue weighted by Crippen LogP contribution is 2.32. The summed E-state index contributed by atoms with van der Waals surface area (Å²) in [5, 5.41) is 0. The average molecular weight is 303 g/mol. The molecule has 0 aliphatic rings. The summed E-state index contributed by atoms with van der Waals surface area (Å²) in [6.45, 7) is -1.46. The number of benzene rings is 2. The zero-order valence-electron chi connectivity index (χ0n) is 10.5. The van der Waals surface area contributed by atoms with Crippen LogP contribution in [0.5, 0.6) is 5.75 Å².